The number of nitrogens with zero attached hydrogens (tertiary/aromatic N) is 1. The molecule has 0 aliphatic carbocycles. The number of amides is 2. The van der Waals surface area contributed by atoms with Crippen molar-refractivity contribution in [2.45, 2.75) is 13.0 Å². The van der Waals surface area contributed by atoms with E-state index in [1.165, 1.54) is 0 Å². The lowest BCUT2D eigenvalue weighted by atomic mass is 9.82. The standard InChI is InChI=1S/C11H10BNO2/c1-7-9(8-5-3-2-4-6-8)13(10(7)14)11(12)15/h2-7,9H,1H3. The number of hydrogen-bond donors (Lipinski definition) is 0. The molecule has 2 radical (unpaired) electrons. The minimum Gasteiger partial charge on any atom is -0.289 e. The van der Waals surface area contributed by atoms with E-state index >= 15 is 0 Å². The number of carbonyl (C=O) groups excluding carboxylic acids is 2. The van der Waals surface area contributed by atoms with Crippen molar-refractivity contribution in [1.82, 2.24) is 4.90 Å². The zero-order valence-corrected chi connectivity index (χ0v) is 8.38. The van der Waals surface area contributed by atoms with E-state index in [1.807, 2.05) is 30.3 Å². The van der Waals surface area contributed by atoms with Crippen LogP contribution in [0.1, 0.15) is 18.5 Å². The van der Waals surface area contributed by atoms with Gasteiger partial charge in [0.1, 0.15) is 0 Å². The summed E-state index contributed by atoms with van der Waals surface area (Å²) in [7, 11) is 5.14. The van der Waals surface area contributed by atoms with Crippen molar-refractivity contribution in [1.29, 1.82) is 0 Å². The topological polar surface area (TPSA) is 37.4 Å². The average molecular weight is 199 g/mol. The highest BCUT2D eigenvalue weighted by Crippen LogP contribution is 2.39. The fourth-order valence-electron chi connectivity index (χ4n) is 1.97. The van der Waals surface area contributed by atoms with E-state index in [1.54, 1.807) is 6.92 Å². The molecule has 4 heteroatoms. The minimum absolute atomic E-state index is 0.167. The Morgan fingerprint density at radius 3 is 2.47 bits per heavy atom. The summed E-state index contributed by atoms with van der Waals surface area (Å²) in [6.45, 7) is 1.80. The van der Waals surface area contributed by atoms with Crippen LogP contribution in [0.3, 0.4) is 0 Å². The molecular weight excluding hydrogens is 189 g/mol. The Bertz CT molecular complexity index is 404. The molecule has 1 heterocycles. The van der Waals surface area contributed by atoms with Crippen molar-refractivity contribution in [3.8, 4) is 0 Å². The minimum atomic E-state index is -0.674. The average Bonchev–Trinajstić information content (AvgIpc) is 2.25. The van der Waals surface area contributed by atoms with E-state index < -0.39 is 5.81 Å². The van der Waals surface area contributed by atoms with Gasteiger partial charge in [0.25, 0.3) is 0 Å². The molecule has 1 aliphatic heterocycles. The van der Waals surface area contributed by atoms with Crippen molar-refractivity contribution in [2.24, 2.45) is 5.92 Å². The van der Waals surface area contributed by atoms with E-state index in [9.17, 15) is 9.59 Å². The molecule has 1 fully saturated rings. The molecule has 0 spiro atoms. The lowest BCUT2D eigenvalue weighted by molar-refractivity contribution is -0.148. The first-order valence-corrected chi connectivity index (χ1v) is 4.80. The summed E-state index contributed by atoms with van der Waals surface area (Å²) >= 11 is 0. The van der Waals surface area contributed by atoms with Gasteiger partial charge in [0.2, 0.25) is 13.8 Å². The van der Waals surface area contributed by atoms with Crippen LogP contribution in [0.2, 0.25) is 0 Å². The molecule has 0 N–H and O–H groups in total. The Morgan fingerprint density at radius 2 is 1.93 bits per heavy atom. The second-order valence-electron chi connectivity index (χ2n) is 3.69. The monoisotopic (exact) mass is 199 g/mol. The van der Waals surface area contributed by atoms with E-state index in [2.05, 4.69) is 0 Å². The molecule has 0 saturated carbocycles. The molecule has 2 rings (SSSR count). The Morgan fingerprint density at radius 1 is 1.33 bits per heavy atom. The summed E-state index contributed by atoms with van der Waals surface area (Å²) in [5.74, 6) is -1.04. The fourth-order valence-corrected chi connectivity index (χ4v) is 1.97. The van der Waals surface area contributed by atoms with Gasteiger partial charge in [0, 0.05) is 0 Å². The van der Waals surface area contributed by atoms with Crippen LogP contribution in [0.4, 0.5) is 4.79 Å². The van der Waals surface area contributed by atoms with Gasteiger partial charge in [0.05, 0.1) is 12.0 Å². The molecule has 1 aliphatic rings. The summed E-state index contributed by atoms with van der Waals surface area (Å²) < 4.78 is 0. The largest absolute Gasteiger partial charge is 0.289 e. The Hall–Kier alpha value is -1.58. The number of benzene rings is 1. The maximum atomic E-state index is 11.4. The lowest BCUT2D eigenvalue weighted by Crippen LogP contribution is -2.56. The number of hydrogen-bond acceptors (Lipinski definition) is 2. The highest BCUT2D eigenvalue weighted by atomic mass is 16.2. The van der Waals surface area contributed by atoms with Crippen molar-refractivity contribution in [3.63, 3.8) is 0 Å². The maximum Gasteiger partial charge on any atom is 0.234 e. The van der Waals surface area contributed by atoms with Crippen molar-refractivity contribution < 1.29 is 9.59 Å². The number of likely N-dealkylation sites (tertiary alicyclic amines) is 1. The lowest BCUT2D eigenvalue weighted by Gasteiger charge is -2.44. The normalized spacial score (nSPS) is 24.9. The zero-order chi connectivity index (χ0) is 11.0. The number of β-lactam (4-membered cyclic amide) rings is 1. The van der Waals surface area contributed by atoms with Crippen molar-refractivity contribution in [3.05, 3.63) is 35.9 Å². The van der Waals surface area contributed by atoms with Crippen LogP contribution in [0, 0.1) is 5.92 Å². The van der Waals surface area contributed by atoms with Gasteiger partial charge >= 0.3 is 0 Å². The van der Waals surface area contributed by atoms with Gasteiger partial charge in [-0.15, -0.1) is 0 Å². The molecule has 0 aromatic heterocycles. The molecule has 3 nitrogen and oxygen atoms in total. The van der Waals surface area contributed by atoms with Crippen molar-refractivity contribution >= 4 is 19.6 Å². The van der Waals surface area contributed by atoms with E-state index in [0.29, 0.717) is 0 Å². The number of imide groups is 1. The van der Waals surface area contributed by atoms with Crippen LogP contribution in [-0.4, -0.2) is 24.5 Å². The third kappa shape index (κ3) is 1.46. The van der Waals surface area contributed by atoms with Crippen LogP contribution in [0.5, 0.6) is 0 Å². The second kappa shape index (κ2) is 3.53. The van der Waals surface area contributed by atoms with Crippen molar-refractivity contribution in [2.75, 3.05) is 0 Å². The first kappa shape index (κ1) is 9.96. The molecular formula is C11H10BNO2. The Labute approximate surface area is 89.5 Å². The third-order valence-electron chi connectivity index (χ3n) is 2.76. The quantitative estimate of drug-likeness (QED) is 0.507. The summed E-state index contributed by atoms with van der Waals surface area (Å²) in [6.07, 6.45) is 0. The van der Waals surface area contributed by atoms with E-state index in [0.717, 1.165) is 10.5 Å². The first-order chi connectivity index (χ1) is 7.13. The number of carbonyl (C=O) groups is 2. The molecule has 74 valence electrons. The molecule has 1 saturated heterocycles. The Kier molecular flexibility index (Phi) is 2.35. The fraction of sp³-hybridized carbons (Fsp3) is 0.273. The molecule has 1 aromatic carbocycles. The summed E-state index contributed by atoms with van der Waals surface area (Å²) in [6, 6.07) is 9.24. The summed E-state index contributed by atoms with van der Waals surface area (Å²) in [5, 5.41) is 0. The van der Waals surface area contributed by atoms with Gasteiger partial charge in [-0.2, -0.15) is 0 Å². The van der Waals surface area contributed by atoms with Crippen LogP contribution in [0.15, 0.2) is 30.3 Å². The summed E-state index contributed by atoms with van der Waals surface area (Å²) in [5.41, 5.74) is 0.948. The van der Waals surface area contributed by atoms with Crippen LogP contribution in [-0.2, 0) is 4.79 Å². The third-order valence-corrected chi connectivity index (χ3v) is 2.76. The SMILES string of the molecule is [B]C(=O)N1C(=O)C(C)C1c1ccccc1. The van der Waals surface area contributed by atoms with Crippen LogP contribution in [0.25, 0.3) is 0 Å². The second-order valence-corrected chi connectivity index (χ2v) is 3.69. The molecule has 15 heavy (non-hydrogen) atoms. The highest BCUT2D eigenvalue weighted by molar-refractivity contribution is 6.58. The molecule has 2 atom stereocenters. The maximum absolute atomic E-state index is 11.4. The van der Waals surface area contributed by atoms with E-state index in [-0.39, 0.29) is 17.9 Å². The smallest absolute Gasteiger partial charge is 0.234 e. The molecule has 1 aromatic rings. The molecule has 2 unspecified atom stereocenters. The highest BCUT2D eigenvalue weighted by Gasteiger charge is 2.46. The number of rotatable bonds is 1. The van der Waals surface area contributed by atoms with Gasteiger partial charge in [-0.3, -0.25) is 14.5 Å². The first-order valence-electron chi connectivity index (χ1n) is 4.80. The van der Waals surface area contributed by atoms with Gasteiger partial charge in [-0.25, -0.2) is 0 Å². The van der Waals surface area contributed by atoms with Gasteiger partial charge in [-0.1, -0.05) is 37.3 Å². The summed E-state index contributed by atoms with van der Waals surface area (Å²) in [4.78, 5) is 23.6. The predicted molar refractivity (Wildman–Crippen MR) is 56.3 cm³/mol. The molecule has 2 amide bonds. The van der Waals surface area contributed by atoms with E-state index in [4.69, 9.17) is 7.85 Å². The van der Waals surface area contributed by atoms with Crippen LogP contribution < -0.4 is 0 Å². The zero-order valence-electron chi connectivity index (χ0n) is 8.38. The van der Waals surface area contributed by atoms with Crippen LogP contribution >= 0.6 is 0 Å². The van der Waals surface area contributed by atoms with Gasteiger partial charge in [-0.05, 0) is 5.56 Å². The predicted octanol–water partition coefficient (Wildman–Crippen LogP) is 1.49. The Balaban J connectivity index is 2.30. The van der Waals surface area contributed by atoms with Gasteiger partial charge < -0.3 is 0 Å². The van der Waals surface area contributed by atoms with Gasteiger partial charge in [0.15, 0.2) is 5.81 Å². The molecule has 0 bridgehead atoms.